The molecule has 1 amide bonds. The zero-order chi connectivity index (χ0) is 21.6. The Hall–Kier alpha value is -3.06. The zero-order valence-corrected chi connectivity index (χ0v) is 18.7. The van der Waals surface area contributed by atoms with E-state index in [2.05, 4.69) is 20.5 Å². The molecule has 1 saturated heterocycles. The van der Waals surface area contributed by atoms with E-state index in [1.807, 2.05) is 67.8 Å². The molecule has 1 aliphatic heterocycles. The Labute approximate surface area is 187 Å². The zero-order valence-electron chi connectivity index (χ0n) is 17.9. The summed E-state index contributed by atoms with van der Waals surface area (Å²) in [6.07, 6.45) is 5.72. The van der Waals surface area contributed by atoms with Crippen molar-refractivity contribution in [1.29, 1.82) is 0 Å². The third-order valence-electron chi connectivity index (χ3n) is 5.27. The van der Waals surface area contributed by atoms with Crippen molar-refractivity contribution in [3.05, 3.63) is 65.9 Å². The van der Waals surface area contributed by atoms with Crippen LogP contribution in [0, 0.1) is 6.92 Å². The summed E-state index contributed by atoms with van der Waals surface area (Å²) < 4.78 is 0. The lowest BCUT2D eigenvalue weighted by molar-refractivity contribution is 0.102. The van der Waals surface area contributed by atoms with Crippen LogP contribution in [0.4, 0.5) is 23.1 Å². The number of thioether (sulfide) groups is 1. The number of hydrogen-bond acceptors (Lipinski definition) is 6. The highest BCUT2D eigenvalue weighted by molar-refractivity contribution is 7.98. The molecule has 4 rings (SSSR count). The average Bonchev–Trinajstić information content (AvgIpc) is 2.80. The number of nitrogens with one attached hydrogen (secondary N) is 2. The van der Waals surface area contributed by atoms with Gasteiger partial charge in [0.25, 0.3) is 5.91 Å². The maximum atomic E-state index is 12.5. The van der Waals surface area contributed by atoms with Crippen LogP contribution < -0.4 is 15.5 Å². The van der Waals surface area contributed by atoms with Gasteiger partial charge in [-0.05, 0) is 81.0 Å². The van der Waals surface area contributed by atoms with E-state index in [4.69, 9.17) is 4.98 Å². The van der Waals surface area contributed by atoms with Crippen LogP contribution in [0.3, 0.4) is 0 Å². The van der Waals surface area contributed by atoms with Crippen LogP contribution in [0.15, 0.2) is 59.5 Å². The SMILES string of the molecule is CSc1ccc(C(=O)Nc2ccc(Nc3nc(C)cc(N4CCCCC4)n3)cc2)cc1. The molecular formula is C24H27N5OS. The first-order chi connectivity index (χ1) is 15.1. The normalized spacial score (nSPS) is 13.7. The number of amides is 1. The van der Waals surface area contributed by atoms with Crippen molar-refractivity contribution in [2.45, 2.75) is 31.1 Å². The number of hydrogen-bond donors (Lipinski definition) is 2. The van der Waals surface area contributed by atoms with Gasteiger partial charge in [-0.3, -0.25) is 4.79 Å². The maximum absolute atomic E-state index is 12.5. The molecule has 2 aromatic carbocycles. The minimum absolute atomic E-state index is 0.124. The Morgan fingerprint density at radius 3 is 2.29 bits per heavy atom. The van der Waals surface area contributed by atoms with Gasteiger partial charge in [0.1, 0.15) is 5.82 Å². The van der Waals surface area contributed by atoms with Crippen LogP contribution in [-0.2, 0) is 0 Å². The van der Waals surface area contributed by atoms with E-state index in [1.54, 1.807) is 11.8 Å². The molecule has 7 heteroatoms. The van der Waals surface area contributed by atoms with E-state index in [9.17, 15) is 4.79 Å². The van der Waals surface area contributed by atoms with Gasteiger partial charge in [0.15, 0.2) is 0 Å². The van der Waals surface area contributed by atoms with E-state index >= 15 is 0 Å². The van der Waals surface area contributed by atoms with Crippen LogP contribution in [0.1, 0.15) is 35.3 Å². The second-order valence-corrected chi connectivity index (χ2v) is 8.50. The smallest absolute Gasteiger partial charge is 0.255 e. The van der Waals surface area contributed by atoms with Crippen molar-refractivity contribution in [2.24, 2.45) is 0 Å². The number of carbonyl (C=O) groups is 1. The molecule has 2 heterocycles. The van der Waals surface area contributed by atoms with Crippen LogP contribution in [0.2, 0.25) is 0 Å². The van der Waals surface area contributed by atoms with Crippen molar-refractivity contribution in [1.82, 2.24) is 9.97 Å². The lowest BCUT2D eigenvalue weighted by Crippen LogP contribution is -2.30. The summed E-state index contributed by atoms with van der Waals surface area (Å²) in [5.41, 5.74) is 3.19. The second kappa shape index (κ2) is 9.83. The molecule has 0 radical (unpaired) electrons. The van der Waals surface area contributed by atoms with Gasteiger partial charge in [0.05, 0.1) is 0 Å². The largest absolute Gasteiger partial charge is 0.356 e. The second-order valence-electron chi connectivity index (χ2n) is 7.62. The minimum Gasteiger partial charge on any atom is -0.356 e. The Morgan fingerprint density at radius 1 is 0.935 bits per heavy atom. The number of carbonyl (C=O) groups excluding carboxylic acids is 1. The van der Waals surface area contributed by atoms with Gasteiger partial charge >= 0.3 is 0 Å². The summed E-state index contributed by atoms with van der Waals surface area (Å²) >= 11 is 1.65. The van der Waals surface area contributed by atoms with Crippen molar-refractivity contribution in [3.63, 3.8) is 0 Å². The quantitative estimate of drug-likeness (QED) is 0.501. The predicted octanol–water partition coefficient (Wildman–Crippen LogP) is 5.49. The molecule has 1 fully saturated rings. The molecule has 2 N–H and O–H groups in total. The number of benzene rings is 2. The topological polar surface area (TPSA) is 70.2 Å². The number of piperidine rings is 1. The molecule has 160 valence electrons. The van der Waals surface area contributed by atoms with Crippen molar-refractivity contribution < 1.29 is 4.79 Å². The van der Waals surface area contributed by atoms with E-state index in [-0.39, 0.29) is 5.91 Å². The molecule has 31 heavy (non-hydrogen) atoms. The van der Waals surface area contributed by atoms with Gasteiger partial charge in [-0.25, -0.2) is 4.98 Å². The van der Waals surface area contributed by atoms with Crippen LogP contribution in [0.25, 0.3) is 0 Å². The van der Waals surface area contributed by atoms with E-state index in [1.165, 1.54) is 19.3 Å². The molecule has 0 atom stereocenters. The Bertz CT molecular complexity index is 1030. The summed E-state index contributed by atoms with van der Waals surface area (Å²) in [7, 11) is 0. The van der Waals surface area contributed by atoms with Crippen LogP contribution in [-0.4, -0.2) is 35.2 Å². The molecule has 1 aromatic heterocycles. The third kappa shape index (κ3) is 5.55. The standard InChI is InChI=1S/C24H27N5OS/c1-17-16-22(29-14-4-3-5-15-29)28-24(25-17)27-20-10-8-19(9-11-20)26-23(30)18-6-12-21(31-2)13-7-18/h6-13,16H,3-5,14-15H2,1-2H3,(H,26,30)(H,25,27,28). The fraction of sp³-hybridized carbons (Fsp3) is 0.292. The summed E-state index contributed by atoms with van der Waals surface area (Å²) in [6, 6.07) is 17.2. The highest BCUT2D eigenvalue weighted by Crippen LogP contribution is 2.23. The molecule has 1 aliphatic rings. The minimum atomic E-state index is -0.124. The summed E-state index contributed by atoms with van der Waals surface area (Å²) in [6.45, 7) is 4.08. The van der Waals surface area contributed by atoms with Gasteiger partial charge < -0.3 is 15.5 Å². The summed E-state index contributed by atoms with van der Waals surface area (Å²) in [5.74, 6) is 1.44. The number of rotatable bonds is 6. The number of anilines is 4. The summed E-state index contributed by atoms with van der Waals surface area (Å²) in [4.78, 5) is 25.2. The van der Waals surface area contributed by atoms with Gasteiger partial charge in [0, 0.05) is 46.7 Å². The lowest BCUT2D eigenvalue weighted by Gasteiger charge is -2.28. The number of aryl methyl sites for hydroxylation is 1. The first-order valence-corrected chi connectivity index (χ1v) is 11.8. The van der Waals surface area contributed by atoms with E-state index in [0.29, 0.717) is 11.5 Å². The van der Waals surface area contributed by atoms with Crippen LogP contribution >= 0.6 is 11.8 Å². The fourth-order valence-corrected chi connectivity index (χ4v) is 4.01. The monoisotopic (exact) mass is 433 g/mol. The van der Waals surface area contributed by atoms with E-state index in [0.717, 1.165) is 40.9 Å². The number of nitrogens with zero attached hydrogens (tertiary/aromatic N) is 3. The average molecular weight is 434 g/mol. The molecule has 0 unspecified atom stereocenters. The van der Waals surface area contributed by atoms with Gasteiger partial charge in [0.2, 0.25) is 5.95 Å². The molecule has 6 nitrogen and oxygen atoms in total. The third-order valence-corrected chi connectivity index (χ3v) is 6.02. The lowest BCUT2D eigenvalue weighted by atomic mass is 10.1. The fourth-order valence-electron chi connectivity index (χ4n) is 3.60. The Kier molecular flexibility index (Phi) is 6.72. The van der Waals surface area contributed by atoms with Gasteiger partial charge in [-0.2, -0.15) is 4.98 Å². The van der Waals surface area contributed by atoms with Gasteiger partial charge in [-0.1, -0.05) is 0 Å². The molecular weight excluding hydrogens is 406 g/mol. The Morgan fingerprint density at radius 2 is 1.61 bits per heavy atom. The molecule has 0 saturated carbocycles. The molecule has 0 bridgehead atoms. The first-order valence-electron chi connectivity index (χ1n) is 10.5. The number of aromatic nitrogens is 2. The van der Waals surface area contributed by atoms with Gasteiger partial charge in [-0.15, -0.1) is 11.8 Å². The van der Waals surface area contributed by atoms with Crippen molar-refractivity contribution >= 4 is 40.8 Å². The van der Waals surface area contributed by atoms with E-state index < -0.39 is 0 Å². The maximum Gasteiger partial charge on any atom is 0.255 e. The molecule has 0 spiro atoms. The summed E-state index contributed by atoms with van der Waals surface area (Å²) in [5, 5.41) is 6.22. The Balaban J connectivity index is 1.41. The van der Waals surface area contributed by atoms with Crippen molar-refractivity contribution in [2.75, 3.05) is 34.9 Å². The molecule has 0 aliphatic carbocycles. The molecule has 3 aromatic rings. The predicted molar refractivity (Wildman–Crippen MR) is 129 cm³/mol. The van der Waals surface area contributed by atoms with Crippen LogP contribution in [0.5, 0.6) is 0 Å². The van der Waals surface area contributed by atoms with Crippen molar-refractivity contribution in [3.8, 4) is 0 Å². The highest BCUT2D eigenvalue weighted by Gasteiger charge is 2.14. The highest BCUT2D eigenvalue weighted by atomic mass is 32.2. The first kappa shape index (κ1) is 21.2.